The number of carbonyl (C=O) groups excluding carboxylic acids is 1. The summed E-state index contributed by atoms with van der Waals surface area (Å²) in [5, 5.41) is 2.15. The molecule has 1 saturated heterocycles. The van der Waals surface area contributed by atoms with Crippen molar-refractivity contribution < 1.29 is 9.53 Å². The maximum Gasteiger partial charge on any atom is 0.239 e. The molecule has 1 amide bonds. The Morgan fingerprint density at radius 3 is 3.08 bits per heavy atom. The van der Waals surface area contributed by atoms with Gasteiger partial charge in [0.05, 0.1) is 19.0 Å². The molecule has 0 saturated carbocycles. The van der Waals surface area contributed by atoms with E-state index in [4.69, 9.17) is 10.5 Å². The van der Waals surface area contributed by atoms with E-state index in [1.54, 1.807) is 23.9 Å². The molecule has 128 valence electrons. The number of fused-ring (bicyclic) bond motifs is 2. The van der Waals surface area contributed by atoms with Crippen molar-refractivity contribution in [1.29, 1.82) is 0 Å². The number of amides is 1. The van der Waals surface area contributed by atoms with Crippen LogP contribution in [-0.4, -0.2) is 46.5 Å². The average molecular weight is 346 g/mol. The molecule has 4 rings (SSSR count). The van der Waals surface area contributed by atoms with Gasteiger partial charge in [0.25, 0.3) is 0 Å². The van der Waals surface area contributed by atoms with Crippen molar-refractivity contribution in [3.05, 3.63) is 40.1 Å². The second-order valence-corrected chi connectivity index (χ2v) is 7.50. The molecule has 0 aliphatic carbocycles. The van der Waals surface area contributed by atoms with Crippen molar-refractivity contribution in [3.63, 3.8) is 0 Å². The van der Waals surface area contributed by atoms with Crippen molar-refractivity contribution >= 4 is 17.2 Å². The Hall–Kier alpha value is -1.70. The number of hydrogen-bond donors (Lipinski definition) is 2. The Morgan fingerprint density at radius 1 is 1.50 bits per heavy atom. The predicted molar refractivity (Wildman–Crippen MR) is 91.7 cm³/mol. The van der Waals surface area contributed by atoms with Crippen LogP contribution in [0.1, 0.15) is 29.0 Å². The lowest BCUT2D eigenvalue weighted by atomic mass is 9.85. The number of carbonyl (C=O) groups is 1. The number of nitrogens with zero attached hydrogens (tertiary/aromatic N) is 2. The highest BCUT2D eigenvalue weighted by Gasteiger charge is 2.43. The lowest BCUT2D eigenvalue weighted by molar-refractivity contribution is -0.141. The van der Waals surface area contributed by atoms with Gasteiger partial charge in [0.15, 0.2) is 0 Å². The molecular weight excluding hydrogens is 324 g/mol. The van der Waals surface area contributed by atoms with E-state index in [0.717, 1.165) is 31.6 Å². The van der Waals surface area contributed by atoms with Crippen LogP contribution in [0.3, 0.4) is 0 Å². The maximum absolute atomic E-state index is 12.6. The Kier molecular flexibility index (Phi) is 4.15. The monoisotopic (exact) mass is 346 g/mol. The minimum atomic E-state index is -0.524. The fourth-order valence-corrected chi connectivity index (χ4v) is 4.94. The maximum atomic E-state index is 12.6. The summed E-state index contributed by atoms with van der Waals surface area (Å²) in [5.74, 6) is 0.0154. The fraction of sp³-hybridized carbons (Fsp3) is 0.529. The summed E-state index contributed by atoms with van der Waals surface area (Å²) >= 11 is 1.79. The Bertz CT molecular complexity index is 704. The predicted octanol–water partition coefficient (Wildman–Crippen LogP) is 1.43. The van der Waals surface area contributed by atoms with E-state index in [-0.39, 0.29) is 11.5 Å². The first-order chi connectivity index (χ1) is 11.7. The van der Waals surface area contributed by atoms with Crippen molar-refractivity contribution in [1.82, 2.24) is 14.9 Å². The number of ether oxygens (including phenoxy) is 1. The molecule has 2 aliphatic heterocycles. The SMILES string of the molecule is N[C@@H](Cc1cnc[nH]1)C(=O)N1CCC2(CC1)OCCc1ccsc12. The van der Waals surface area contributed by atoms with Gasteiger partial charge in [-0.15, -0.1) is 11.3 Å². The summed E-state index contributed by atoms with van der Waals surface area (Å²) in [6, 6.07) is 1.69. The average Bonchev–Trinajstić information content (AvgIpc) is 3.27. The van der Waals surface area contributed by atoms with Gasteiger partial charge in [-0.3, -0.25) is 4.79 Å². The van der Waals surface area contributed by atoms with E-state index in [1.807, 2.05) is 4.90 Å². The van der Waals surface area contributed by atoms with Gasteiger partial charge in [-0.2, -0.15) is 0 Å². The molecule has 4 heterocycles. The molecular formula is C17H22N4O2S. The molecule has 3 N–H and O–H groups in total. The fourth-order valence-electron chi connectivity index (χ4n) is 3.77. The van der Waals surface area contributed by atoms with Crippen LogP contribution < -0.4 is 5.73 Å². The van der Waals surface area contributed by atoms with E-state index >= 15 is 0 Å². The second-order valence-electron chi connectivity index (χ2n) is 6.58. The van der Waals surface area contributed by atoms with Gasteiger partial charge in [-0.05, 0) is 36.3 Å². The zero-order chi connectivity index (χ0) is 16.6. The second kappa shape index (κ2) is 6.31. The third-order valence-electron chi connectivity index (χ3n) is 5.11. The van der Waals surface area contributed by atoms with Crippen LogP contribution in [0.15, 0.2) is 24.0 Å². The number of thiophene rings is 1. The molecule has 2 aromatic heterocycles. The largest absolute Gasteiger partial charge is 0.369 e. The molecule has 2 aromatic rings. The van der Waals surface area contributed by atoms with E-state index in [1.165, 1.54) is 10.4 Å². The molecule has 1 spiro atoms. The van der Waals surface area contributed by atoms with Gasteiger partial charge >= 0.3 is 0 Å². The van der Waals surface area contributed by atoms with Gasteiger partial charge in [0.1, 0.15) is 5.60 Å². The first-order valence-electron chi connectivity index (χ1n) is 8.40. The Labute approximate surface area is 145 Å². The van der Waals surface area contributed by atoms with Crippen LogP contribution in [0.2, 0.25) is 0 Å². The first kappa shape index (κ1) is 15.8. The quantitative estimate of drug-likeness (QED) is 0.881. The molecule has 0 bridgehead atoms. The zero-order valence-corrected chi connectivity index (χ0v) is 14.3. The smallest absolute Gasteiger partial charge is 0.239 e. The van der Waals surface area contributed by atoms with Crippen molar-refractivity contribution in [3.8, 4) is 0 Å². The van der Waals surface area contributed by atoms with E-state index < -0.39 is 6.04 Å². The summed E-state index contributed by atoms with van der Waals surface area (Å²) in [6.07, 6.45) is 6.51. The van der Waals surface area contributed by atoms with Crippen molar-refractivity contribution in [2.24, 2.45) is 5.73 Å². The van der Waals surface area contributed by atoms with E-state index in [2.05, 4.69) is 21.4 Å². The highest BCUT2D eigenvalue weighted by Crippen LogP contribution is 2.44. The number of aromatic amines is 1. The van der Waals surface area contributed by atoms with Crippen LogP contribution in [0.25, 0.3) is 0 Å². The van der Waals surface area contributed by atoms with Crippen LogP contribution in [0.5, 0.6) is 0 Å². The number of nitrogens with two attached hydrogens (primary N) is 1. The van der Waals surface area contributed by atoms with E-state index in [9.17, 15) is 4.79 Å². The first-order valence-corrected chi connectivity index (χ1v) is 9.28. The molecule has 0 radical (unpaired) electrons. The number of rotatable bonds is 3. The van der Waals surface area contributed by atoms with Crippen LogP contribution >= 0.6 is 11.3 Å². The standard InChI is InChI=1S/C17H22N4O2S/c18-14(9-13-10-19-11-20-13)16(22)21-5-3-17(4-6-21)15-12(1-7-23-17)2-8-24-15/h2,8,10-11,14H,1,3-7,9,18H2,(H,19,20)/t14-/m0/s1. The number of imidazole rings is 1. The van der Waals surface area contributed by atoms with Crippen LogP contribution in [0.4, 0.5) is 0 Å². The third kappa shape index (κ3) is 2.76. The number of piperidine rings is 1. The normalized spacial score (nSPS) is 20.8. The molecule has 24 heavy (non-hydrogen) atoms. The molecule has 7 heteroatoms. The molecule has 2 aliphatic rings. The summed E-state index contributed by atoms with van der Waals surface area (Å²) in [6.45, 7) is 2.18. The molecule has 1 atom stereocenters. The minimum absolute atomic E-state index is 0.0154. The number of likely N-dealkylation sites (tertiary alicyclic amines) is 1. The van der Waals surface area contributed by atoms with Gasteiger partial charge in [0.2, 0.25) is 5.91 Å². The van der Waals surface area contributed by atoms with Gasteiger partial charge in [-0.25, -0.2) is 4.98 Å². The van der Waals surface area contributed by atoms with Crippen LogP contribution in [0, 0.1) is 0 Å². The third-order valence-corrected chi connectivity index (χ3v) is 6.25. The topological polar surface area (TPSA) is 84.2 Å². The van der Waals surface area contributed by atoms with Gasteiger partial charge in [0, 0.05) is 36.3 Å². The minimum Gasteiger partial charge on any atom is -0.369 e. The van der Waals surface area contributed by atoms with Crippen LogP contribution in [-0.2, 0) is 28.0 Å². The number of aromatic nitrogens is 2. The van der Waals surface area contributed by atoms with Crippen molar-refractivity contribution in [2.45, 2.75) is 37.3 Å². The summed E-state index contributed by atoms with van der Waals surface area (Å²) < 4.78 is 6.19. The number of H-pyrrole nitrogens is 1. The van der Waals surface area contributed by atoms with E-state index in [0.29, 0.717) is 19.5 Å². The van der Waals surface area contributed by atoms with Gasteiger partial charge < -0.3 is 20.4 Å². The molecule has 1 fully saturated rings. The molecule has 6 nitrogen and oxygen atoms in total. The zero-order valence-electron chi connectivity index (χ0n) is 13.5. The Balaban J connectivity index is 1.41. The summed E-state index contributed by atoms with van der Waals surface area (Å²) in [7, 11) is 0. The highest BCUT2D eigenvalue weighted by molar-refractivity contribution is 7.10. The van der Waals surface area contributed by atoms with Gasteiger partial charge in [-0.1, -0.05) is 0 Å². The lowest BCUT2D eigenvalue weighted by Gasteiger charge is -2.44. The van der Waals surface area contributed by atoms with Crippen molar-refractivity contribution in [2.75, 3.05) is 19.7 Å². The Morgan fingerprint density at radius 2 is 2.33 bits per heavy atom. The molecule has 0 unspecified atom stereocenters. The molecule has 0 aromatic carbocycles. The number of hydrogen-bond acceptors (Lipinski definition) is 5. The number of nitrogens with one attached hydrogen (secondary N) is 1. The lowest BCUT2D eigenvalue weighted by Crippen LogP contribution is -2.52. The summed E-state index contributed by atoms with van der Waals surface area (Å²) in [5.41, 5.74) is 8.22. The summed E-state index contributed by atoms with van der Waals surface area (Å²) in [4.78, 5) is 22.8. The highest BCUT2D eigenvalue weighted by atomic mass is 32.1.